The van der Waals surface area contributed by atoms with Gasteiger partial charge in [-0.1, -0.05) is 12.1 Å². The SMILES string of the molecule is Nc1ccc(SCc2ccc(I)cc2)nc1. The molecule has 0 saturated heterocycles. The van der Waals surface area contributed by atoms with E-state index in [1.807, 2.05) is 12.1 Å². The molecule has 0 unspecified atom stereocenters. The molecule has 16 heavy (non-hydrogen) atoms. The Bertz CT molecular complexity index is 408. The van der Waals surface area contributed by atoms with Crippen LogP contribution in [0.3, 0.4) is 0 Å². The van der Waals surface area contributed by atoms with Crippen LogP contribution in [-0.4, -0.2) is 4.98 Å². The van der Waals surface area contributed by atoms with Gasteiger partial charge in [-0.15, -0.1) is 11.8 Å². The van der Waals surface area contributed by atoms with Crippen molar-refractivity contribution in [1.82, 2.24) is 4.98 Å². The smallest absolute Gasteiger partial charge is 0.0964 e. The standard InChI is InChI=1S/C12H11IN2S/c13-10-3-1-9(2-4-10)8-16-12-6-5-11(14)7-15-12/h1-7H,8,14H2. The molecule has 2 nitrogen and oxygen atoms in total. The molecule has 2 rings (SSSR count). The van der Waals surface area contributed by atoms with E-state index in [1.165, 1.54) is 9.13 Å². The van der Waals surface area contributed by atoms with Gasteiger partial charge >= 0.3 is 0 Å². The number of rotatable bonds is 3. The lowest BCUT2D eigenvalue weighted by Gasteiger charge is -2.01. The van der Waals surface area contributed by atoms with Gasteiger partial charge in [-0.05, 0) is 52.4 Å². The molecule has 0 aliphatic rings. The van der Waals surface area contributed by atoms with E-state index in [9.17, 15) is 0 Å². The Balaban J connectivity index is 1.97. The van der Waals surface area contributed by atoms with Crippen molar-refractivity contribution in [3.8, 4) is 0 Å². The molecule has 1 heterocycles. The normalized spacial score (nSPS) is 10.3. The van der Waals surface area contributed by atoms with E-state index >= 15 is 0 Å². The fraction of sp³-hybridized carbons (Fsp3) is 0.0833. The van der Waals surface area contributed by atoms with Crippen molar-refractivity contribution in [2.24, 2.45) is 0 Å². The van der Waals surface area contributed by atoms with Gasteiger partial charge in [-0.2, -0.15) is 0 Å². The molecule has 0 aliphatic carbocycles. The number of benzene rings is 1. The zero-order valence-electron chi connectivity index (χ0n) is 8.56. The summed E-state index contributed by atoms with van der Waals surface area (Å²) >= 11 is 4.03. The van der Waals surface area contributed by atoms with Crippen LogP contribution in [0.5, 0.6) is 0 Å². The van der Waals surface area contributed by atoms with Gasteiger partial charge in [0.25, 0.3) is 0 Å². The molecular weight excluding hydrogens is 331 g/mol. The summed E-state index contributed by atoms with van der Waals surface area (Å²) in [6.45, 7) is 0. The van der Waals surface area contributed by atoms with Crippen LogP contribution in [0.1, 0.15) is 5.56 Å². The topological polar surface area (TPSA) is 38.9 Å². The van der Waals surface area contributed by atoms with Crippen molar-refractivity contribution in [3.63, 3.8) is 0 Å². The maximum Gasteiger partial charge on any atom is 0.0964 e. The van der Waals surface area contributed by atoms with E-state index in [1.54, 1.807) is 18.0 Å². The molecule has 2 N–H and O–H groups in total. The second-order valence-electron chi connectivity index (χ2n) is 3.34. The zero-order valence-corrected chi connectivity index (χ0v) is 11.5. The monoisotopic (exact) mass is 342 g/mol. The summed E-state index contributed by atoms with van der Waals surface area (Å²) in [5, 5.41) is 1.01. The third kappa shape index (κ3) is 3.38. The number of nitrogens with two attached hydrogens (primary N) is 1. The molecule has 0 saturated carbocycles. The predicted molar refractivity (Wildman–Crippen MR) is 77.4 cm³/mol. The number of aromatic nitrogens is 1. The van der Waals surface area contributed by atoms with Crippen molar-refractivity contribution in [2.75, 3.05) is 5.73 Å². The minimum Gasteiger partial charge on any atom is -0.397 e. The van der Waals surface area contributed by atoms with Crippen molar-refractivity contribution in [2.45, 2.75) is 10.8 Å². The molecule has 1 aromatic carbocycles. The van der Waals surface area contributed by atoms with Gasteiger partial charge in [0.15, 0.2) is 0 Å². The van der Waals surface area contributed by atoms with Crippen LogP contribution in [0, 0.1) is 3.57 Å². The van der Waals surface area contributed by atoms with Crippen molar-refractivity contribution >= 4 is 40.0 Å². The Labute approximate surface area is 113 Å². The molecule has 82 valence electrons. The maximum absolute atomic E-state index is 5.58. The van der Waals surface area contributed by atoms with Crippen LogP contribution in [0.25, 0.3) is 0 Å². The van der Waals surface area contributed by atoms with Crippen molar-refractivity contribution < 1.29 is 0 Å². The van der Waals surface area contributed by atoms with E-state index in [-0.39, 0.29) is 0 Å². The molecule has 0 fully saturated rings. The first-order valence-corrected chi connectivity index (χ1v) is 6.89. The first-order valence-electron chi connectivity index (χ1n) is 4.83. The summed E-state index contributed by atoms with van der Waals surface area (Å²) in [5.74, 6) is 0.938. The van der Waals surface area contributed by atoms with Crippen LogP contribution in [0.2, 0.25) is 0 Å². The lowest BCUT2D eigenvalue weighted by molar-refractivity contribution is 1.13. The molecule has 0 amide bonds. The van der Waals surface area contributed by atoms with Crippen LogP contribution >= 0.6 is 34.4 Å². The average Bonchev–Trinajstić information content (AvgIpc) is 2.30. The fourth-order valence-corrected chi connectivity index (χ4v) is 2.37. The minimum absolute atomic E-state index is 0.707. The summed E-state index contributed by atoms with van der Waals surface area (Å²) in [4.78, 5) is 4.25. The summed E-state index contributed by atoms with van der Waals surface area (Å²) in [7, 11) is 0. The Morgan fingerprint density at radius 3 is 2.50 bits per heavy atom. The van der Waals surface area contributed by atoms with E-state index in [4.69, 9.17) is 5.73 Å². The number of thioether (sulfide) groups is 1. The first kappa shape index (κ1) is 11.7. The van der Waals surface area contributed by atoms with E-state index in [0.717, 1.165) is 10.8 Å². The fourth-order valence-electron chi connectivity index (χ4n) is 1.22. The number of halogens is 1. The average molecular weight is 342 g/mol. The van der Waals surface area contributed by atoms with Gasteiger partial charge in [0.05, 0.1) is 16.9 Å². The molecular formula is C12H11IN2S. The molecule has 4 heteroatoms. The number of nitrogens with zero attached hydrogens (tertiary/aromatic N) is 1. The third-order valence-corrected chi connectivity index (χ3v) is 3.79. The van der Waals surface area contributed by atoms with E-state index < -0.39 is 0 Å². The maximum atomic E-state index is 5.58. The van der Waals surface area contributed by atoms with Gasteiger partial charge in [0.2, 0.25) is 0 Å². The zero-order chi connectivity index (χ0) is 11.4. The van der Waals surface area contributed by atoms with Crippen molar-refractivity contribution in [1.29, 1.82) is 0 Å². The van der Waals surface area contributed by atoms with Crippen LogP contribution < -0.4 is 5.73 Å². The first-order chi connectivity index (χ1) is 7.74. The van der Waals surface area contributed by atoms with Crippen molar-refractivity contribution in [3.05, 3.63) is 51.7 Å². The number of hydrogen-bond donors (Lipinski definition) is 1. The van der Waals surface area contributed by atoms with Crippen LogP contribution in [0.15, 0.2) is 47.6 Å². The lowest BCUT2D eigenvalue weighted by atomic mass is 10.2. The number of hydrogen-bond acceptors (Lipinski definition) is 3. The summed E-state index contributed by atoms with van der Waals surface area (Å²) < 4.78 is 1.26. The molecule has 0 spiro atoms. The van der Waals surface area contributed by atoms with Gasteiger partial charge in [-0.3, -0.25) is 0 Å². The van der Waals surface area contributed by atoms with Crippen LogP contribution in [-0.2, 0) is 5.75 Å². The van der Waals surface area contributed by atoms with Gasteiger partial charge in [-0.25, -0.2) is 4.98 Å². The Morgan fingerprint density at radius 1 is 1.12 bits per heavy atom. The number of pyridine rings is 1. The largest absolute Gasteiger partial charge is 0.397 e. The molecule has 2 aromatic rings. The van der Waals surface area contributed by atoms with Gasteiger partial charge in [0.1, 0.15) is 0 Å². The predicted octanol–water partition coefficient (Wildman–Crippen LogP) is 3.56. The summed E-state index contributed by atoms with van der Waals surface area (Å²) in [5.41, 5.74) is 7.59. The quantitative estimate of drug-likeness (QED) is 0.685. The summed E-state index contributed by atoms with van der Waals surface area (Å²) in [6, 6.07) is 12.4. The molecule has 0 radical (unpaired) electrons. The Morgan fingerprint density at radius 2 is 1.88 bits per heavy atom. The molecule has 0 aliphatic heterocycles. The number of nitrogen functional groups attached to an aromatic ring is 1. The second kappa shape index (κ2) is 5.54. The Kier molecular flexibility index (Phi) is 4.06. The van der Waals surface area contributed by atoms with Gasteiger partial charge < -0.3 is 5.73 Å². The van der Waals surface area contributed by atoms with Gasteiger partial charge in [0, 0.05) is 9.32 Å². The highest BCUT2D eigenvalue weighted by atomic mass is 127. The highest BCUT2D eigenvalue weighted by molar-refractivity contribution is 14.1. The Hall–Kier alpha value is -0.750. The summed E-state index contributed by atoms with van der Waals surface area (Å²) in [6.07, 6.45) is 1.69. The lowest BCUT2D eigenvalue weighted by Crippen LogP contribution is -1.87. The second-order valence-corrected chi connectivity index (χ2v) is 5.59. The van der Waals surface area contributed by atoms with Crippen LogP contribution in [0.4, 0.5) is 5.69 Å². The van der Waals surface area contributed by atoms with E-state index in [0.29, 0.717) is 5.69 Å². The molecule has 1 aromatic heterocycles. The molecule has 0 atom stereocenters. The highest BCUT2D eigenvalue weighted by Crippen LogP contribution is 2.21. The molecule has 0 bridgehead atoms. The number of anilines is 1. The third-order valence-electron chi connectivity index (χ3n) is 2.06. The highest BCUT2D eigenvalue weighted by Gasteiger charge is 1.97. The van der Waals surface area contributed by atoms with E-state index in [2.05, 4.69) is 51.8 Å². The minimum atomic E-state index is 0.707.